The third kappa shape index (κ3) is 4.95. The highest BCUT2D eigenvalue weighted by molar-refractivity contribution is 5.54. The van der Waals surface area contributed by atoms with Crippen molar-refractivity contribution in [1.82, 2.24) is 40.7 Å². The van der Waals surface area contributed by atoms with Crippen LogP contribution in [0.4, 0.5) is 5.82 Å². The first-order chi connectivity index (χ1) is 16.2. The molecule has 2 aliphatic rings. The first-order valence-corrected chi connectivity index (χ1v) is 11.8. The van der Waals surface area contributed by atoms with Crippen molar-refractivity contribution in [2.45, 2.75) is 51.1 Å². The summed E-state index contributed by atoms with van der Waals surface area (Å²) in [5.74, 6) is 2.95. The second kappa shape index (κ2) is 9.78. The zero-order chi connectivity index (χ0) is 22.6. The molecule has 0 radical (unpaired) electrons. The van der Waals surface area contributed by atoms with Crippen LogP contribution in [0.1, 0.15) is 50.8 Å². The molecule has 3 aromatic heterocycles. The quantitative estimate of drug-likeness (QED) is 0.555. The van der Waals surface area contributed by atoms with Crippen molar-refractivity contribution in [2.75, 3.05) is 31.6 Å². The maximum atomic E-state index is 5.23. The minimum absolute atomic E-state index is 0.190. The fourth-order valence-corrected chi connectivity index (χ4v) is 4.38. The van der Waals surface area contributed by atoms with Gasteiger partial charge in [-0.15, -0.1) is 15.3 Å². The number of anilines is 1. The zero-order valence-corrected chi connectivity index (χ0v) is 19.3. The number of tetrazole rings is 1. The molecule has 10 heteroatoms. The standard InChI is InChI=1S/C23H31N9O/c1-16(32-29-23(28-30-32)18-11-20(33-2)14-24-13-18)21-8-9-22(27-26-21)31-10-4-7-19(15-31)25-12-17-5-3-6-17/h8-9,11,13-14,16-17,19,25H,3-7,10,12,15H2,1-2H3. The highest BCUT2D eigenvalue weighted by atomic mass is 16.5. The van der Waals surface area contributed by atoms with Gasteiger partial charge in [0.15, 0.2) is 5.82 Å². The van der Waals surface area contributed by atoms with Crippen LogP contribution in [0, 0.1) is 5.92 Å². The molecule has 10 nitrogen and oxygen atoms in total. The number of nitrogens with zero attached hydrogens (tertiary/aromatic N) is 8. The number of piperidine rings is 1. The van der Waals surface area contributed by atoms with E-state index in [-0.39, 0.29) is 6.04 Å². The summed E-state index contributed by atoms with van der Waals surface area (Å²) in [6, 6.07) is 6.24. The molecule has 0 bridgehead atoms. The fraction of sp³-hybridized carbons (Fsp3) is 0.565. The van der Waals surface area contributed by atoms with Crippen LogP contribution in [0.2, 0.25) is 0 Å². The van der Waals surface area contributed by atoms with Gasteiger partial charge in [-0.25, -0.2) is 0 Å². The first kappa shape index (κ1) is 21.7. The smallest absolute Gasteiger partial charge is 0.206 e. The SMILES string of the molecule is COc1cncc(-c2nnn(C(C)c3ccc(N4CCCC(NCC5CCC5)C4)nn3)n2)c1. The number of rotatable bonds is 8. The van der Waals surface area contributed by atoms with Crippen molar-refractivity contribution >= 4 is 5.82 Å². The summed E-state index contributed by atoms with van der Waals surface area (Å²) in [6.45, 7) is 5.15. The summed E-state index contributed by atoms with van der Waals surface area (Å²) < 4.78 is 5.23. The number of hydrogen-bond donors (Lipinski definition) is 1. The van der Waals surface area contributed by atoms with Crippen molar-refractivity contribution in [1.29, 1.82) is 0 Å². The van der Waals surface area contributed by atoms with Crippen LogP contribution < -0.4 is 15.0 Å². The molecule has 174 valence electrons. The summed E-state index contributed by atoms with van der Waals surface area (Å²) >= 11 is 0. The minimum atomic E-state index is -0.190. The highest BCUT2D eigenvalue weighted by Crippen LogP contribution is 2.26. The van der Waals surface area contributed by atoms with Gasteiger partial charge in [-0.1, -0.05) is 6.42 Å². The van der Waals surface area contributed by atoms with E-state index in [1.54, 1.807) is 24.3 Å². The molecule has 5 rings (SSSR count). The Morgan fingerprint density at radius 3 is 2.79 bits per heavy atom. The van der Waals surface area contributed by atoms with Gasteiger partial charge >= 0.3 is 0 Å². The van der Waals surface area contributed by atoms with Crippen LogP contribution in [0.15, 0.2) is 30.6 Å². The van der Waals surface area contributed by atoms with E-state index in [2.05, 4.69) is 46.9 Å². The molecule has 1 aliphatic heterocycles. The topological polar surface area (TPSA) is 107 Å². The molecule has 1 saturated heterocycles. The van der Waals surface area contributed by atoms with Gasteiger partial charge in [0.1, 0.15) is 11.8 Å². The number of nitrogens with one attached hydrogen (secondary N) is 1. The largest absolute Gasteiger partial charge is 0.495 e. The van der Waals surface area contributed by atoms with E-state index in [4.69, 9.17) is 4.74 Å². The average molecular weight is 450 g/mol. The van der Waals surface area contributed by atoms with Gasteiger partial charge in [0.2, 0.25) is 5.82 Å². The molecule has 0 spiro atoms. The van der Waals surface area contributed by atoms with E-state index < -0.39 is 0 Å². The van der Waals surface area contributed by atoms with Crippen LogP contribution in [-0.2, 0) is 0 Å². The lowest BCUT2D eigenvalue weighted by molar-refractivity contribution is 0.280. The van der Waals surface area contributed by atoms with E-state index in [9.17, 15) is 0 Å². The first-order valence-electron chi connectivity index (χ1n) is 11.8. The zero-order valence-electron chi connectivity index (χ0n) is 19.3. The maximum absolute atomic E-state index is 5.23. The van der Waals surface area contributed by atoms with Gasteiger partial charge in [-0.2, -0.15) is 9.90 Å². The Hall–Kier alpha value is -3.14. The molecule has 3 aromatic rings. The predicted octanol–water partition coefficient (Wildman–Crippen LogP) is 2.50. The van der Waals surface area contributed by atoms with Crippen molar-refractivity contribution in [3.05, 3.63) is 36.3 Å². The molecule has 0 amide bonds. The Balaban J connectivity index is 1.22. The Morgan fingerprint density at radius 1 is 1.12 bits per heavy atom. The summed E-state index contributed by atoms with van der Waals surface area (Å²) in [5.41, 5.74) is 1.54. The summed E-state index contributed by atoms with van der Waals surface area (Å²) in [4.78, 5) is 8.05. The lowest BCUT2D eigenvalue weighted by Gasteiger charge is -2.35. The lowest BCUT2D eigenvalue weighted by Crippen LogP contribution is -2.47. The molecule has 2 fully saturated rings. The van der Waals surface area contributed by atoms with Gasteiger partial charge in [0.05, 0.1) is 19.0 Å². The van der Waals surface area contributed by atoms with Gasteiger partial charge in [0, 0.05) is 30.9 Å². The van der Waals surface area contributed by atoms with Crippen molar-refractivity contribution in [3.8, 4) is 17.1 Å². The highest BCUT2D eigenvalue weighted by Gasteiger charge is 2.24. The van der Waals surface area contributed by atoms with Gasteiger partial charge in [-0.05, 0) is 68.5 Å². The number of aromatic nitrogens is 7. The van der Waals surface area contributed by atoms with E-state index >= 15 is 0 Å². The van der Waals surface area contributed by atoms with Crippen LogP contribution in [-0.4, -0.2) is 68.2 Å². The van der Waals surface area contributed by atoms with E-state index in [1.165, 1.54) is 32.1 Å². The van der Waals surface area contributed by atoms with Gasteiger partial charge < -0.3 is 15.0 Å². The van der Waals surface area contributed by atoms with Crippen molar-refractivity contribution in [2.24, 2.45) is 5.92 Å². The van der Waals surface area contributed by atoms with E-state index in [0.717, 1.165) is 42.6 Å². The normalized spacial score (nSPS) is 19.8. The lowest BCUT2D eigenvalue weighted by atomic mass is 9.85. The molecule has 4 heterocycles. The summed E-state index contributed by atoms with van der Waals surface area (Å²) in [6.07, 6.45) is 9.90. The Labute approximate surface area is 193 Å². The van der Waals surface area contributed by atoms with Crippen molar-refractivity contribution < 1.29 is 4.74 Å². The average Bonchev–Trinajstić information content (AvgIpc) is 3.33. The summed E-state index contributed by atoms with van der Waals surface area (Å²) in [7, 11) is 1.60. The molecule has 0 aromatic carbocycles. The Morgan fingerprint density at radius 2 is 2.03 bits per heavy atom. The number of methoxy groups -OCH3 is 1. The maximum Gasteiger partial charge on any atom is 0.206 e. The third-order valence-corrected chi connectivity index (χ3v) is 6.75. The number of ether oxygens (including phenoxy) is 1. The number of pyridine rings is 1. The molecule has 1 aliphatic carbocycles. The van der Waals surface area contributed by atoms with Crippen LogP contribution in [0.5, 0.6) is 5.75 Å². The Kier molecular flexibility index (Phi) is 6.43. The van der Waals surface area contributed by atoms with Crippen LogP contribution in [0.25, 0.3) is 11.4 Å². The molecular formula is C23H31N9O. The third-order valence-electron chi connectivity index (χ3n) is 6.75. The van der Waals surface area contributed by atoms with Gasteiger partial charge in [0.25, 0.3) is 0 Å². The fourth-order valence-electron chi connectivity index (χ4n) is 4.38. The van der Waals surface area contributed by atoms with Crippen LogP contribution >= 0.6 is 0 Å². The van der Waals surface area contributed by atoms with E-state index in [0.29, 0.717) is 17.6 Å². The molecule has 2 unspecified atom stereocenters. The molecular weight excluding hydrogens is 418 g/mol. The van der Waals surface area contributed by atoms with E-state index in [1.807, 2.05) is 19.1 Å². The monoisotopic (exact) mass is 449 g/mol. The second-order valence-electron chi connectivity index (χ2n) is 9.03. The van der Waals surface area contributed by atoms with Crippen molar-refractivity contribution in [3.63, 3.8) is 0 Å². The predicted molar refractivity (Wildman–Crippen MR) is 124 cm³/mol. The van der Waals surface area contributed by atoms with Crippen LogP contribution in [0.3, 0.4) is 0 Å². The van der Waals surface area contributed by atoms with Gasteiger partial charge in [-0.3, -0.25) is 4.98 Å². The molecule has 1 N–H and O–H groups in total. The minimum Gasteiger partial charge on any atom is -0.495 e. The molecule has 2 atom stereocenters. The Bertz CT molecular complexity index is 1050. The summed E-state index contributed by atoms with van der Waals surface area (Å²) in [5, 5.41) is 25.7. The molecule has 33 heavy (non-hydrogen) atoms. The number of hydrogen-bond acceptors (Lipinski definition) is 9. The molecule has 1 saturated carbocycles. The second-order valence-corrected chi connectivity index (χ2v) is 9.03.